The lowest BCUT2D eigenvalue weighted by molar-refractivity contribution is 0.272. The SMILES string of the molecule is CCOC=Cc1c(Br)cc(N(Cc2ccc(OC)cc2)Cc2ccc(OC)cc2)c(F)c1Cl. The first-order valence-electron chi connectivity index (χ1n) is 10.4. The number of halogens is 3. The highest BCUT2D eigenvalue weighted by Gasteiger charge is 2.20. The van der Waals surface area contributed by atoms with Crippen molar-refractivity contribution in [2.24, 2.45) is 0 Å². The van der Waals surface area contributed by atoms with Gasteiger partial charge in [-0.05, 0) is 54.5 Å². The normalized spacial score (nSPS) is 11.0. The molecule has 0 fully saturated rings. The lowest BCUT2D eigenvalue weighted by atomic mass is 10.1. The minimum Gasteiger partial charge on any atom is -0.501 e. The van der Waals surface area contributed by atoms with Gasteiger partial charge in [-0.3, -0.25) is 0 Å². The van der Waals surface area contributed by atoms with Gasteiger partial charge in [0.15, 0.2) is 5.82 Å². The van der Waals surface area contributed by atoms with Gasteiger partial charge in [-0.2, -0.15) is 0 Å². The first kappa shape index (κ1) is 24.9. The number of benzene rings is 3. The molecule has 33 heavy (non-hydrogen) atoms. The molecular formula is C26H26BrClFNO3. The molecule has 3 aromatic carbocycles. The fourth-order valence-electron chi connectivity index (χ4n) is 3.32. The predicted molar refractivity (Wildman–Crippen MR) is 136 cm³/mol. The summed E-state index contributed by atoms with van der Waals surface area (Å²) in [6, 6.07) is 17.2. The Morgan fingerprint density at radius 2 is 1.45 bits per heavy atom. The van der Waals surface area contributed by atoms with Crippen molar-refractivity contribution >= 4 is 39.3 Å². The summed E-state index contributed by atoms with van der Waals surface area (Å²) in [5.41, 5.74) is 2.94. The zero-order valence-corrected chi connectivity index (χ0v) is 21.1. The van der Waals surface area contributed by atoms with Gasteiger partial charge >= 0.3 is 0 Å². The largest absolute Gasteiger partial charge is 0.501 e. The number of methoxy groups -OCH3 is 2. The molecule has 0 aliphatic heterocycles. The summed E-state index contributed by atoms with van der Waals surface area (Å²) in [5, 5.41) is 0.0322. The second-order valence-corrected chi connectivity index (χ2v) is 8.46. The number of rotatable bonds is 10. The molecule has 0 bridgehead atoms. The van der Waals surface area contributed by atoms with Crippen LogP contribution in [0.25, 0.3) is 6.08 Å². The summed E-state index contributed by atoms with van der Waals surface area (Å²) in [4.78, 5) is 1.95. The van der Waals surface area contributed by atoms with Gasteiger partial charge in [0, 0.05) is 23.1 Å². The molecule has 4 nitrogen and oxygen atoms in total. The molecule has 0 spiro atoms. The summed E-state index contributed by atoms with van der Waals surface area (Å²) in [5.74, 6) is 1.05. The highest BCUT2D eigenvalue weighted by Crippen LogP contribution is 2.37. The van der Waals surface area contributed by atoms with Crippen LogP contribution in [0.3, 0.4) is 0 Å². The van der Waals surface area contributed by atoms with Gasteiger partial charge in [-0.25, -0.2) is 4.39 Å². The molecule has 0 aromatic heterocycles. The van der Waals surface area contributed by atoms with E-state index in [0.717, 1.165) is 22.6 Å². The molecule has 0 N–H and O–H groups in total. The molecule has 3 aromatic rings. The van der Waals surface area contributed by atoms with Crippen molar-refractivity contribution in [3.8, 4) is 11.5 Å². The number of hydrogen-bond donors (Lipinski definition) is 0. The molecule has 0 saturated heterocycles. The van der Waals surface area contributed by atoms with Crippen LogP contribution in [0.5, 0.6) is 11.5 Å². The van der Waals surface area contributed by atoms with Crippen molar-refractivity contribution in [1.29, 1.82) is 0 Å². The first-order chi connectivity index (χ1) is 16.0. The maximum atomic E-state index is 15.5. The van der Waals surface area contributed by atoms with Crippen molar-refractivity contribution in [1.82, 2.24) is 0 Å². The van der Waals surface area contributed by atoms with Gasteiger partial charge in [0.1, 0.15) is 11.5 Å². The molecule has 7 heteroatoms. The van der Waals surface area contributed by atoms with Crippen molar-refractivity contribution in [2.75, 3.05) is 25.7 Å². The van der Waals surface area contributed by atoms with E-state index < -0.39 is 5.82 Å². The average Bonchev–Trinajstić information content (AvgIpc) is 2.84. The Labute approximate surface area is 207 Å². The predicted octanol–water partition coefficient (Wildman–Crippen LogP) is 7.47. The second-order valence-electron chi connectivity index (χ2n) is 7.23. The van der Waals surface area contributed by atoms with Gasteiger partial charge in [0.2, 0.25) is 0 Å². The number of ether oxygens (including phenoxy) is 3. The maximum Gasteiger partial charge on any atom is 0.165 e. The minimum absolute atomic E-state index is 0.0322. The van der Waals surface area contributed by atoms with E-state index in [4.69, 9.17) is 25.8 Å². The number of hydrogen-bond acceptors (Lipinski definition) is 4. The van der Waals surface area contributed by atoms with Crippen molar-refractivity contribution in [3.63, 3.8) is 0 Å². The Kier molecular flexibility index (Phi) is 9.03. The van der Waals surface area contributed by atoms with E-state index in [-0.39, 0.29) is 5.02 Å². The highest BCUT2D eigenvalue weighted by molar-refractivity contribution is 9.10. The molecule has 0 radical (unpaired) electrons. The molecular weight excluding hydrogens is 509 g/mol. The molecule has 0 atom stereocenters. The lowest BCUT2D eigenvalue weighted by Crippen LogP contribution is -2.23. The van der Waals surface area contributed by atoms with E-state index in [1.165, 1.54) is 6.26 Å². The zero-order chi connectivity index (χ0) is 23.8. The van der Waals surface area contributed by atoms with Crippen LogP contribution < -0.4 is 14.4 Å². The average molecular weight is 535 g/mol. The van der Waals surface area contributed by atoms with Crippen LogP contribution >= 0.6 is 27.5 Å². The van der Waals surface area contributed by atoms with Gasteiger partial charge in [-0.1, -0.05) is 51.8 Å². The van der Waals surface area contributed by atoms with Crippen LogP contribution in [0.1, 0.15) is 23.6 Å². The topological polar surface area (TPSA) is 30.9 Å². The molecule has 0 aliphatic rings. The maximum absolute atomic E-state index is 15.5. The monoisotopic (exact) mass is 533 g/mol. The third-order valence-corrected chi connectivity index (χ3v) is 6.10. The molecule has 0 amide bonds. The van der Waals surface area contributed by atoms with Gasteiger partial charge in [0.25, 0.3) is 0 Å². The van der Waals surface area contributed by atoms with E-state index in [1.54, 1.807) is 26.4 Å². The molecule has 0 aliphatic carbocycles. The summed E-state index contributed by atoms with van der Waals surface area (Å²) in [6.07, 6.45) is 3.16. The lowest BCUT2D eigenvalue weighted by Gasteiger charge is -2.27. The van der Waals surface area contributed by atoms with Crippen LogP contribution in [-0.2, 0) is 17.8 Å². The Hall–Kier alpha value is -2.70. The minimum atomic E-state index is -0.488. The first-order valence-corrected chi connectivity index (χ1v) is 11.6. The van der Waals surface area contributed by atoms with Crippen molar-refractivity contribution < 1.29 is 18.6 Å². The quantitative estimate of drug-likeness (QED) is 0.199. The smallest absolute Gasteiger partial charge is 0.165 e. The van der Waals surface area contributed by atoms with E-state index >= 15 is 4.39 Å². The molecule has 0 saturated carbocycles. The zero-order valence-electron chi connectivity index (χ0n) is 18.8. The van der Waals surface area contributed by atoms with Crippen LogP contribution in [0, 0.1) is 5.82 Å². The van der Waals surface area contributed by atoms with E-state index in [9.17, 15) is 0 Å². The second kappa shape index (κ2) is 12.0. The van der Waals surface area contributed by atoms with Crippen LogP contribution in [0.2, 0.25) is 5.02 Å². The van der Waals surface area contributed by atoms with Crippen molar-refractivity contribution in [2.45, 2.75) is 20.0 Å². The highest BCUT2D eigenvalue weighted by atomic mass is 79.9. The third kappa shape index (κ3) is 6.42. The fourth-order valence-corrected chi connectivity index (χ4v) is 4.24. The molecule has 0 heterocycles. The number of nitrogens with zero attached hydrogens (tertiary/aromatic N) is 1. The van der Waals surface area contributed by atoms with Crippen LogP contribution in [0.4, 0.5) is 10.1 Å². The van der Waals surface area contributed by atoms with E-state index in [1.807, 2.05) is 60.4 Å². The van der Waals surface area contributed by atoms with E-state index in [0.29, 0.717) is 35.4 Å². The van der Waals surface area contributed by atoms with Crippen molar-refractivity contribution in [3.05, 3.63) is 92.9 Å². The Morgan fingerprint density at radius 1 is 0.939 bits per heavy atom. The van der Waals surface area contributed by atoms with Gasteiger partial charge in [-0.15, -0.1) is 0 Å². The van der Waals surface area contributed by atoms with Gasteiger partial charge < -0.3 is 19.1 Å². The molecule has 174 valence electrons. The van der Waals surface area contributed by atoms with Crippen LogP contribution in [-0.4, -0.2) is 20.8 Å². The Bertz CT molecular complexity index is 1040. The fraction of sp³-hybridized carbons (Fsp3) is 0.231. The summed E-state index contributed by atoms with van der Waals surface area (Å²) < 4.78 is 32.0. The van der Waals surface area contributed by atoms with E-state index in [2.05, 4.69) is 15.9 Å². The molecule has 3 rings (SSSR count). The summed E-state index contributed by atoms with van der Waals surface area (Å²) >= 11 is 9.98. The standard InChI is InChI=1S/C26H26BrClFNO3/c1-4-33-14-13-22-23(27)15-24(26(29)25(22)28)30(16-18-5-9-20(31-2)10-6-18)17-19-7-11-21(32-3)12-8-19/h5-15H,4,16-17H2,1-3H3. The summed E-state index contributed by atoms with van der Waals surface area (Å²) in [6.45, 7) is 3.35. The summed E-state index contributed by atoms with van der Waals surface area (Å²) in [7, 11) is 3.25. The molecule has 0 unspecified atom stereocenters. The Morgan fingerprint density at radius 3 is 1.91 bits per heavy atom. The Balaban J connectivity index is 1.99. The van der Waals surface area contributed by atoms with Gasteiger partial charge in [0.05, 0.1) is 37.8 Å². The third-order valence-electron chi connectivity index (χ3n) is 5.08. The number of anilines is 1. The van der Waals surface area contributed by atoms with Crippen LogP contribution in [0.15, 0.2) is 65.3 Å².